The van der Waals surface area contributed by atoms with Crippen LogP contribution in [0, 0.1) is 0 Å². The lowest BCUT2D eigenvalue weighted by Crippen LogP contribution is -2.27. The zero-order chi connectivity index (χ0) is 17.0. The average molecular weight is 333 g/mol. The molecule has 2 rings (SSSR count). The largest absolute Gasteiger partial charge is 0.496 e. The van der Waals surface area contributed by atoms with Crippen molar-refractivity contribution < 1.29 is 17.9 Å². The zero-order valence-corrected chi connectivity index (χ0v) is 14.1. The number of para-hydroxylation sites is 1. The van der Waals surface area contributed by atoms with E-state index in [9.17, 15) is 13.2 Å². The van der Waals surface area contributed by atoms with E-state index in [0.29, 0.717) is 11.3 Å². The van der Waals surface area contributed by atoms with Gasteiger partial charge in [-0.1, -0.05) is 30.3 Å². The highest BCUT2D eigenvalue weighted by molar-refractivity contribution is 7.89. The normalized spacial score (nSPS) is 12.7. The summed E-state index contributed by atoms with van der Waals surface area (Å²) in [6, 6.07) is 12.6. The van der Waals surface area contributed by atoms with E-state index in [-0.39, 0.29) is 10.7 Å². The molecule has 122 valence electrons. The second-order valence-electron chi connectivity index (χ2n) is 5.17. The SMILES string of the molecule is COc1ccccc1[C@@H](C)NS(=O)(=O)c1ccc(C(C)=O)cc1. The fourth-order valence-corrected chi connectivity index (χ4v) is 3.48. The third-order valence-electron chi connectivity index (χ3n) is 3.51. The van der Waals surface area contributed by atoms with Crippen molar-refractivity contribution in [3.8, 4) is 5.75 Å². The molecule has 0 aliphatic rings. The Kier molecular flexibility index (Phi) is 5.18. The molecule has 0 saturated carbocycles. The molecule has 0 spiro atoms. The first kappa shape index (κ1) is 17.2. The second-order valence-corrected chi connectivity index (χ2v) is 6.88. The highest BCUT2D eigenvalue weighted by Crippen LogP contribution is 2.25. The predicted molar refractivity (Wildman–Crippen MR) is 88.2 cm³/mol. The van der Waals surface area contributed by atoms with Crippen molar-refractivity contribution in [2.75, 3.05) is 7.11 Å². The molecule has 0 amide bonds. The molecule has 0 aliphatic carbocycles. The molecular weight excluding hydrogens is 314 g/mol. The maximum Gasteiger partial charge on any atom is 0.241 e. The van der Waals surface area contributed by atoms with Gasteiger partial charge in [0.2, 0.25) is 10.0 Å². The number of hydrogen-bond acceptors (Lipinski definition) is 4. The molecule has 2 aromatic rings. The number of carbonyl (C=O) groups is 1. The number of hydrogen-bond donors (Lipinski definition) is 1. The zero-order valence-electron chi connectivity index (χ0n) is 13.2. The van der Waals surface area contributed by atoms with Gasteiger partial charge in [-0.2, -0.15) is 0 Å². The van der Waals surface area contributed by atoms with Crippen LogP contribution in [0.5, 0.6) is 5.75 Å². The van der Waals surface area contributed by atoms with Crippen molar-refractivity contribution >= 4 is 15.8 Å². The molecule has 0 aromatic heterocycles. The van der Waals surface area contributed by atoms with E-state index in [0.717, 1.165) is 5.56 Å². The number of nitrogens with one attached hydrogen (secondary N) is 1. The number of benzene rings is 2. The fourth-order valence-electron chi connectivity index (χ4n) is 2.26. The molecule has 0 heterocycles. The Bertz CT molecular complexity index is 798. The van der Waals surface area contributed by atoms with Crippen LogP contribution in [0.1, 0.15) is 35.8 Å². The van der Waals surface area contributed by atoms with E-state index in [1.165, 1.54) is 31.2 Å². The molecular formula is C17H19NO4S. The van der Waals surface area contributed by atoms with Crippen molar-refractivity contribution in [2.45, 2.75) is 24.8 Å². The van der Waals surface area contributed by atoms with Crippen LogP contribution in [0.25, 0.3) is 0 Å². The van der Waals surface area contributed by atoms with Gasteiger partial charge in [0, 0.05) is 17.2 Å². The van der Waals surface area contributed by atoms with Crippen LogP contribution in [-0.2, 0) is 10.0 Å². The number of ketones is 1. The van der Waals surface area contributed by atoms with Gasteiger partial charge < -0.3 is 4.74 Å². The Morgan fingerprint density at radius 3 is 2.26 bits per heavy atom. The summed E-state index contributed by atoms with van der Waals surface area (Å²) in [4.78, 5) is 11.4. The lowest BCUT2D eigenvalue weighted by Gasteiger charge is -2.17. The molecule has 5 nitrogen and oxygen atoms in total. The van der Waals surface area contributed by atoms with Gasteiger partial charge in [-0.15, -0.1) is 0 Å². The smallest absolute Gasteiger partial charge is 0.241 e. The van der Waals surface area contributed by atoms with Crippen LogP contribution >= 0.6 is 0 Å². The quantitative estimate of drug-likeness (QED) is 0.825. The topological polar surface area (TPSA) is 72.5 Å². The summed E-state index contributed by atoms with van der Waals surface area (Å²) >= 11 is 0. The number of ether oxygens (including phenoxy) is 1. The predicted octanol–water partition coefficient (Wildman–Crippen LogP) is 2.94. The van der Waals surface area contributed by atoms with Gasteiger partial charge in [-0.25, -0.2) is 13.1 Å². The van der Waals surface area contributed by atoms with E-state index < -0.39 is 16.1 Å². The van der Waals surface area contributed by atoms with Crippen LogP contribution in [0.2, 0.25) is 0 Å². The number of methoxy groups -OCH3 is 1. The molecule has 0 radical (unpaired) electrons. The molecule has 0 aliphatic heterocycles. The molecule has 0 fully saturated rings. The van der Waals surface area contributed by atoms with E-state index >= 15 is 0 Å². The van der Waals surface area contributed by atoms with Crippen LogP contribution in [-0.4, -0.2) is 21.3 Å². The summed E-state index contributed by atoms with van der Waals surface area (Å²) < 4.78 is 32.8. The van der Waals surface area contributed by atoms with E-state index in [1.807, 2.05) is 18.2 Å². The summed E-state index contributed by atoms with van der Waals surface area (Å²) in [6.07, 6.45) is 0. The van der Waals surface area contributed by atoms with Crippen molar-refractivity contribution in [3.05, 3.63) is 59.7 Å². The van der Waals surface area contributed by atoms with E-state index in [2.05, 4.69) is 4.72 Å². The van der Waals surface area contributed by atoms with Crippen molar-refractivity contribution in [2.24, 2.45) is 0 Å². The molecule has 1 N–H and O–H groups in total. The minimum atomic E-state index is -3.69. The van der Waals surface area contributed by atoms with Crippen LogP contribution in [0.4, 0.5) is 0 Å². The Morgan fingerprint density at radius 1 is 1.09 bits per heavy atom. The number of Topliss-reactive ketones (excluding diaryl/α,β-unsaturated/α-hetero) is 1. The summed E-state index contributed by atoms with van der Waals surface area (Å²) in [5.74, 6) is 0.513. The Morgan fingerprint density at radius 2 is 1.70 bits per heavy atom. The molecule has 0 bridgehead atoms. The standard InChI is InChI=1S/C17H19NO4S/c1-12(16-6-4-5-7-17(16)22-3)18-23(20,21)15-10-8-14(9-11-15)13(2)19/h4-12,18H,1-3H3/t12-/m1/s1. The van der Waals surface area contributed by atoms with Gasteiger partial charge in [-0.3, -0.25) is 4.79 Å². The molecule has 23 heavy (non-hydrogen) atoms. The van der Waals surface area contributed by atoms with Crippen molar-refractivity contribution in [3.63, 3.8) is 0 Å². The summed E-state index contributed by atoms with van der Waals surface area (Å²) in [7, 11) is -2.15. The van der Waals surface area contributed by atoms with Crippen LogP contribution in [0.3, 0.4) is 0 Å². The van der Waals surface area contributed by atoms with Gasteiger partial charge in [0.25, 0.3) is 0 Å². The number of sulfonamides is 1. The minimum Gasteiger partial charge on any atom is -0.496 e. The third kappa shape index (κ3) is 3.97. The maximum absolute atomic E-state index is 12.5. The molecule has 0 saturated heterocycles. The number of rotatable bonds is 6. The van der Waals surface area contributed by atoms with Gasteiger partial charge in [0.15, 0.2) is 5.78 Å². The summed E-state index contributed by atoms with van der Waals surface area (Å²) in [6.45, 7) is 3.19. The Labute approximate surface area is 136 Å². The summed E-state index contributed by atoms with van der Waals surface area (Å²) in [5, 5.41) is 0. The fraction of sp³-hybridized carbons (Fsp3) is 0.235. The highest BCUT2D eigenvalue weighted by Gasteiger charge is 2.20. The first-order valence-corrected chi connectivity index (χ1v) is 8.59. The van der Waals surface area contributed by atoms with Gasteiger partial charge in [0.1, 0.15) is 5.75 Å². The van der Waals surface area contributed by atoms with Gasteiger partial charge in [0.05, 0.1) is 12.0 Å². The maximum atomic E-state index is 12.5. The second kappa shape index (κ2) is 6.93. The molecule has 0 unspecified atom stereocenters. The van der Waals surface area contributed by atoms with Crippen LogP contribution < -0.4 is 9.46 Å². The average Bonchev–Trinajstić information content (AvgIpc) is 2.54. The molecule has 6 heteroatoms. The van der Waals surface area contributed by atoms with Gasteiger partial charge >= 0.3 is 0 Å². The summed E-state index contributed by atoms with van der Waals surface area (Å²) in [5.41, 5.74) is 1.22. The van der Waals surface area contributed by atoms with E-state index in [4.69, 9.17) is 4.74 Å². The third-order valence-corrected chi connectivity index (χ3v) is 5.07. The monoisotopic (exact) mass is 333 g/mol. The lowest BCUT2D eigenvalue weighted by molar-refractivity contribution is 0.101. The van der Waals surface area contributed by atoms with Crippen molar-refractivity contribution in [1.82, 2.24) is 4.72 Å². The van der Waals surface area contributed by atoms with Gasteiger partial charge in [-0.05, 0) is 32.0 Å². The molecule has 2 aromatic carbocycles. The van der Waals surface area contributed by atoms with Crippen LogP contribution in [0.15, 0.2) is 53.4 Å². The molecule has 1 atom stereocenters. The van der Waals surface area contributed by atoms with Crippen molar-refractivity contribution in [1.29, 1.82) is 0 Å². The minimum absolute atomic E-state index is 0.107. The first-order chi connectivity index (χ1) is 10.8. The Hall–Kier alpha value is -2.18. The highest BCUT2D eigenvalue weighted by atomic mass is 32.2. The van der Waals surface area contributed by atoms with E-state index in [1.54, 1.807) is 20.1 Å². The Balaban J connectivity index is 2.25. The lowest BCUT2D eigenvalue weighted by atomic mass is 10.1. The number of carbonyl (C=O) groups excluding carboxylic acids is 1. The first-order valence-electron chi connectivity index (χ1n) is 7.11.